The van der Waals surface area contributed by atoms with Gasteiger partial charge in [0.2, 0.25) is 5.88 Å². The fraction of sp³-hybridized carbons (Fsp3) is 0.429. The summed E-state index contributed by atoms with van der Waals surface area (Å²) < 4.78 is 16.9. The Morgan fingerprint density at radius 3 is 2.68 bits per heavy atom. The molecule has 0 spiro atoms. The molecule has 148 valence electrons. The van der Waals surface area contributed by atoms with E-state index in [-0.39, 0.29) is 17.2 Å². The molecule has 4 rings (SSSR count). The Hall–Kier alpha value is -2.80. The number of methoxy groups -OCH3 is 1. The molecule has 0 radical (unpaired) electrons. The molecule has 2 N–H and O–H groups in total. The number of hydrogen-bond donors (Lipinski definition) is 2. The molecule has 2 atom stereocenters. The van der Waals surface area contributed by atoms with Crippen LogP contribution < -0.4 is 20.1 Å². The zero-order valence-electron chi connectivity index (χ0n) is 16.5. The molecule has 1 saturated carbocycles. The van der Waals surface area contributed by atoms with E-state index in [0.717, 1.165) is 12.0 Å². The summed E-state index contributed by atoms with van der Waals surface area (Å²) in [7, 11) is 1.60. The van der Waals surface area contributed by atoms with Crippen molar-refractivity contribution in [2.75, 3.05) is 19.0 Å². The van der Waals surface area contributed by atoms with Crippen LogP contribution in [-0.4, -0.2) is 35.9 Å². The molecular formula is C21H25N3O4. The van der Waals surface area contributed by atoms with E-state index in [1.54, 1.807) is 25.4 Å². The lowest BCUT2D eigenvalue weighted by Gasteiger charge is -2.31. The molecule has 1 aromatic carbocycles. The number of nitrogens with one attached hydrogen (secondary N) is 2. The Morgan fingerprint density at radius 2 is 2.07 bits per heavy atom. The van der Waals surface area contributed by atoms with Gasteiger partial charge >= 0.3 is 6.03 Å². The maximum atomic E-state index is 12.4. The topological polar surface area (TPSA) is 81.7 Å². The third kappa shape index (κ3) is 3.26. The van der Waals surface area contributed by atoms with E-state index >= 15 is 0 Å². The maximum absolute atomic E-state index is 12.4. The molecule has 7 heteroatoms. The van der Waals surface area contributed by atoms with Gasteiger partial charge in [-0.25, -0.2) is 9.78 Å². The van der Waals surface area contributed by atoms with Crippen molar-refractivity contribution in [3.63, 3.8) is 0 Å². The number of hydrogen-bond acceptors (Lipinski definition) is 5. The van der Waals surface area contributed by atoms with E-state index in [1.807, 2.05) is 39.0 Å². The fourth-order valence-electron chi connectivity index (χ4n) is 3.86. The van der Waals surface area contributed by atoms with Crippen molar-refractivity contribution in [2.45, 2.75) is 38.3 Å². The molecule has 1 saturated heterocycles. The van der Waals surface area contributed by atoms with Crippen molar-refractivity contribution in [3.05, 3.63) is 42.1 Å². The van der Waals surface area contributed by atoms with Crippen molar-refractivity contribution in [3.8, 4) is 17.4 Å². The van der Waals surface area contributed by atoms with Crippen LogP contribution in [0.15, 0.2) is 36.5 Å². The Kier molecular flexibility index (Phi) is 4.42. The second kappa shape index (κ2) is 6.67. The molecule has 2 aliphatic rings. The van der Waals surface area contributed by atoms with Crippen LogP contribution in [0.3, 0.4) is 0 Å². The van der Waals surface area contributed by atoms with Crippen LogP contribution in [0.4, 0.5) is 10.5 Å². The molecular weight excluding hydrogens is 358 g/mol. The van der Waals surface area contributed by atoms with E-state index < -0.39 is 0 Å². The lowest BCUT2D eigenvalue weighted by atomic mass is 9.96. The Morgan fingerprint density at radius 1 is 1.25 bits per heavy atom. The predicted molar refractivity (Wildman–Crippen MR) is 105 cm³/mol. The van der Waals surface area contributed by atoms with Gasteiger partial charge in [0.1, 0.15) is 0 Å². The summed E-state index contributed by atoms with van der Waals surface area (Å²) in [6.07, 6.45) is 2.52. The maximum Gasteiger partial charge on any atom is 0.319 e. The SMILES string of the molecule is COc1cc(C)ccc1Oc1ccc(NC(=O)NC23CC2COC3(C)C)cn1. The molecule has 2 amide bonds. The molecule has 2 unspecified atom stereocenters. The largest absolute Gasteiger partial charge is 0.493 e. The quantitative estimate of drug-likeness (QED) is 0.819. The summed E-state index contributed by atoms with van der Waals surface area (Å²) in [5, 5.41) is 5.92. The van der Waals surface area contributed by atoms with E-state index in [2.05, 4.69) is 15.6 Å². The highest BCUT2D eigenvalue weighted by molar-refractivity contribution is 5.90. The number of pyridine rings is 1. The van der Waals surface area contributed by atoms with Gasteiger partial charge in [0.15, 0.2) is 11.5 Å². The van der Waals surface area contributed by atoms with E-state index in [1.165, 1.54) is 0 Å². The highest BCUT2D eigenvalue weighted by Crippen LogP contribution is 2.57. The minimum Gasteiger partial charge on any atom is -0.493 e. The van der Waals surface area contributed by atoms with Crippen LogP contribution in [0.2, 0.25) is 0 Å². The van der Waals surface area contributed by atoms with Gasteiger partial charge in [0, 0.05) is 12.0 Å². The first-order valence-corrected chi connectivity index (χ1v) is 9.35. The zero-order valence-corrected chi connectivity index (χ0v) is 16.5. The smallest absolute Gasteiger partial charge is 0.319 e. The van der Waals surface area contributed by atoms with Crippen LogP contribution in [0.5, 0.6) is 17.4 Å². The predicted octanol–water partition coefficient (Wildman–Crippen LogP) is 3.88. The molecule has 2 aromatic rings. The molecule has 1 aromatic heterocycles. The molecule has 7 nitrogen and oxygen atoms in total. The zero-order chi connectivity index (χ0) is 19.9. The van der Waals surface area contributed by atoms with Gasteiger partial charge in [-0.1, -0.05) is 6.07 Å². The van der Waals surface area contributed by atoms with Gasteiger partial charge in [0.25, 0.3) is 0 Å². The summed E-state index contributed by atoms with van der Waals surface area (Å²) in [6.45, 7) is 6.72. The summed E-state index contributed by atoms with van der Waals surface area (Å²) in [5.74, 6) is 2.04. The van der Waals surface area contributed by atoms with Crippen molar-refractivity contribution in [1.29, 1.82) is 0 Å². The monoisotopic (exact) mass is 383 g/mol. The lowest BCUT2D eigenvalue weighted by molar-refractivity contribution is -0.00667. The first-order valence-electron chi connectivity index (χ1n) is 9.35. The van der Waals surface area contributed by atoms with E-state index in [0.29, 0.717) is 35.6 Å². The number of nitrogens with zero attached hydrogens (tertiary/aromatic N) is 1. The second-order valence-electron chi connectivity index (χ2n) is 7.91. The van der Waals surface area contributed by atoms with Crippen LogP contribution >= 0.6 is 0 Å². The number of benzene rings is 1. The van der Waals surface area contributed by atoms with Crippen molar-refractivity contribution in [2.24, 2.45) is 5.92 Å². The summed E-state index contributed by atoms with van der Waals surface area (Å²) in [4.78, 5) is 16.7. The number of urea groups is 1. The third-order valence-electron chi connectivity index (χ3n) is 5.69. The fourth-order valence-corrected chi connectivity index (χ4v) is 3.86. The van der Waals surface area contributed by atoms with Crippen LogP contribution in [0.1, 0.15) is 25.8 Å². The number of aromatic nitrogens is 1. The standard InChI is InChI=1S/C21H25N3O4/c1-13-5-7-16(17(9-13)26-4)28-18-8-6-15(11-22-18)23-19(25)24-21-10-14(21)12-27-20(21,2)3/h5-9,11,14H,10,12H2,1-4H3,(H2,23,24,25). The number of rotatable bonds is 5. The molecule has 1 aliphatic heterocycles. The molecule has 0 bridgehead atoms. The Bertz CT molecular complexity index is 897. The Balaban J connectivity index is 1.38. The number of fused-ring (bicyclic) bond motifs is 1. The summed E-state index contributed by atoms with van der Waals surface area (Å²) in [5.41, 5.74) is 1.05. The van der Waals surface area contributed by atoms with Crippen LogP contribution in [-0.2, 0) is 4.74 Å². The first-order chi connectivity index (χ1) is 13.3. The Labute approximate surface area is 164 Å². The van der Waals surface area contributed by atoms with Gasteiger partial charge in [-0.15, -0.1) is 0 Å². The van der Waals surface area contributed by atoms with Crippen molar-refractivity contribution in [1.82, 2.24) is 10.3 Å². The normalized spacial score (nSPS) is 24.2. The molecule has 2 fully saturated rings. The van der Waals surface area contributed by atoms with Crippen LogP contribution in [0.25, 0.3) is 0 Å². The first kappa shape index (κ1) is 18.6. The van der Waals surface area contributed by atoms with Gasteiger partial charge in [-0.05, 0) is 51.0 Å². The lowest BCUT2D eigenvalue weighted by Crippen LogP contribution is -2.52. The highest BCUT2D eigenvalue weighted by atomic mass is 16.5. The molecule has 1 aliphatic carbocycles. The van der Waals surface area contributed by atoms with Gasteiger partial charge in [-0.2, -0.15) is 0 Å². The minimum atomic E-state index is -0.349. The highest BCUT2D eigenvalue weighted by Gasteiger charge is 2.69. The average Bonchev–Trinajstić information content (AvgIpc) is 3.31. The summed E-state index contributed by atoms with van der Waals surface area (Å²) >= 11 is 0. The van der Waals surface area contributed by atoms with E-state index in [4.69, 9.17) is 14.2 Å². The van der Waals surface area contributed by atoms with Crippen LogP contribution in [0, 0.1) is 12.8 Å². The van der Waals surface area contributed by atoms with Gasteiger partial charge < -0.3 is 24.8 Å². The van der Waals surface area contributed by atoms with E-state index in [9.17, 15) is 4.79 Å². The van der Waals surface area contributed by atoms with Crippen molar-refractivity contribution < 1.29 is 19.0 Å². The number of aryl methyl sites for hydroxylation is 1. The number of ether oxygens (including phenoxy) is 3. The molecule has 2 heterocycles. The number of carbonyl (C=O) groups is 1. The second-order valence-corrected chi connectivity index (χ2v) is 7.91. The van der Waals surface area contributed by atoms with Gasteiger partial charge in [-0.3, -0.25) is 0 Å². The summed E-state index contributed by atoms with van der Waals surface area (Å²) in [6, 6.07) is 8.88. The number of anilines is 1. The average molecular weight is 383 g/mol. The molecule has 28 heavy (non-hydrogen) atoms. The van der Waals surface area contributed by atoms with Gasteiger partial charge in [0.05, 0.1) is 36.7 Å². The minimum absolute atomic E-state index is 0.253. The van der Waals surface area contributed by atoms with Crippen molar-refractivity contribution >= 4 is 11.7 Å². The number of carbonyl (C=O) groups excluding carboxylic acids is 1. The third-order valence-corrected chi connectivity index (χ3v) is 5.69. The number of amides is 2.